The van der Waals surface area contributed by atoms with Gasteiger partial charge in [0.25, 0.3) is 0 Å². The molecule has 1 aliphatic carbocycles. The number of piperidine rings is 1. The Morgan fingerprint density at radius 2 is 1.53 bits per heavy atom. The fourth-order valence-corrected chi connectivity index (χ4v) is 5.69. The number of carbonyl (C=O) groups excluding carboxylic acids is 1. The maximum atomic E-state index is 13.0. The predicted molar refractivity (Wildman–Crippen MR) is 189 cm³/mol. The zero-order valence-electron chi connectivity index (χ0n) is 30.2. The van der Waals surface area contributed by atoms with Crippen LogP contribution < -0.4 is 0 Å². The van der Waals surface area contributed by atoms with Crippen LogP contribution in [0.3, 0.4) is 0 Å². The van der Waals surface area contributed by atoms with Crippen molar-refractivity contribution in [1.29, 1.82) is 0 Å². The number of likely N-dealkylation sites (tertiary alicyclic amines) is 1. The van der Waals surface area contributed by atoms with Crippen LogP contribution in [0.1, 0.15) is 81.9 Å². The highest BCUT2D eigenvalue weighted by atomic mass is 19.4. The lowest BCUT2D eigenvalue weighted by atomic mass is 9.73. The predicted octanol–water partition coefficient (Wildman–Crippen LogP) is 9.97. The first kappa shape index (κ1) is 45.9. The van der Waals surface area contributed by atoms with Crippen molar-refractivity contribution in [1.82, 2.24) is 9.80 Å². The first-order chi connectivity index (χ1) is 23.1. The highest BCUT2D eigenvalue weighted by Crippen LogP contribution is 2.46. The Morgan fingerprint density at radius 1 is 0.980 bits per heavy atom. The smallest absolute Gasteiger partial charge is 0.388 e. The van der Waals surface area contributed by atoms with Gasteiger partial charge in [-0.1, -0.05) is 56.7 Å². The quantitative estimate of drug-likeness (QED) is 0.117. The fraction of sp³-hybridized carbons (Fsp3) is 0.564. The van der Waals surface area contributed by atoms with Gasteiger partial charge in [-0.2, -0.15) is 26.3 Å². The van der Waals surface area contributed by atoms with Gasteiger partial charge >= 0.3 is 12.4 Å². The second-order valence-corrected chi connectivity index (χ2v) is 12.4. The summed E-state index contributed by atoms with van der Waals surface area (Å²) >= 11 is 0. The Kier molecular flexibility index (Phi) is 21.8. The Labute approximate surface area is 291 Å². The molecule has 1 spiro atoms. The van der Waals surface area contributed by atoms with E-state index in [0.717, 1.165) is 38.0 Å². The van der Waals surface area contributed by atoms with Gasteiger partial charge in [0, 0.05) is 32.5 Å². The van der Waals surface area contributed by atoms with Crippen molar-refractivity contribution in [3.63, 3.8) is 0 Å². The molecular weight excluding hydrogens is 642 g/mol. The van der Waals surface area contributed by atoms with E-state index in [1.54, 1.807) is 14.2 Å². The molecule has 0 aromatic heterocycles. The second kappa shape index (κ2) is 23.3. The Hall–Kier alpha value is -3.13. The highest BCUT2D eigenvalue weighted by molar-refractivity contribution is 5.78. The molecule has 4 nitrogen and oxygen atoms in total. The Balaban J connectivity index is 0.00000152. The number of rotatable bonds is 13. The van der Waals surface area contributed by atoms with E-state index >= 15 is 0 Å². The normalized spacial score (nSPS) is 15.7. The number of methoxy groups -OCH3 is 1. The van der Waals surface area contributed by atoms with E-state index in [9.17, 15) is 31.1 Å². The summed E-state index contributed by atoms with van der Waals surface area (Å²) < 4.78 is 82.4. The minimum absolute atomic E-state index is 0.0164. The third-order valence-electron chi connectivity index (χ3n) is 8.21. The molecule has 1 aromatic rings. The number of ether oxygens (including phenoxy) is 1. The molecule has 0 saturated carbocycles. The monoisotopic (exact) mass is 698 g/mol. The van der Waals surface area contributed by atoms with Gasteiger partial charge in [-0.25, -0.2) is 0 Å². The summed E-state index contributed by atoms with van der Waals surface area (Å²) in [7, 11) is 7.49. The van der Waals surface area contributed by atoms with Crippen LogP contribution in [0.4, 0.5) is 26.3 Å². The largest absolute Gasteiger partial charge is 0.416 e. The summed E-state index contributed by atoms with van der Waals surface area (Å²) in [5.41, 5.74) is -0.392. The molecule has 0 unspecified atom stereocenters. The van der Waals surface area contributed by atoms with E-state index in [2.05, 4.69) is 73.2 Å². The number of hydrogen-bond acceptors (Lipinski definition) is 4. The van der Waals surface area contributed by atoms with Crippen molar-refractivity contribution < 1.29 is 35.9 Å². The topological polar surface area (TPSA) is 32.8 Å². The standard InChI is InChI=1S/C28H31F6NO.C7H17N.C2H6O.C2H2/c1-3-6-25-21(4-2)10-11-26(25)12-15-35(16-13-26)14-5-7-24(36)9-8-20-17-22(27(29,30)31)19-23(18-20)28(32,33)34;1-4-5-6-7-8(2)3;1-3-2;1-2/h3-4,6,10-11,17-19H,2,5,7-9,12-16H2,1H3;4-7H2,1-3H3;1-2H3;1-2H/b6-3-;;;. The molecule has 1 fully saturated rings. The van der Waals surface area contributed by atoms with Crippen LogP contribution in [0.2, 0.25) is 0 Å². The van der Waals surface area contributed by atoms with Crippen molar-refractivity contribution in [2.75, 3.05) is 54.5 Å². The molecule has 1 saturated heterocycles. The third kappa shape index (κ3) is 16.9. The number of aryl methyl sites for hydroxylation is 1. The summed E-state index contributed by atoms with van der Waals surface area (Å²) in [4.78, 5) is 16.8. The summed E-state index contributed by atoms with van der Waals surface area (Å²) in [6.07, 6.45) is 15.2. The second-order valence-electron chi connectivity index (χ2n) is 12.4. The number of allylic oxidation sites excluding steroid dienone is 7. The van der Waals surface area contributed by atoms with Gasteiger partial charge in [0.2, 0.25) is 0 Å². The van der Waals surface area contributed by atoms with Crippen molar-refractivity contribution in [2.45, 2.75) is 84.0 Å². The van der Waals surface area contributed by atoms with Crippen LogP contribution in [0.25, 0.3) is 0 Å². The van der Waals surface area contributed by atoms with Crippen LogP contribution in [0.15, 0.2) is 66.3 Å². The van der Waals surface area contributed by atoms with Crippen LogP contribution in [-0.4, -0.2) is 70.1 Å². The lowest BCUT2D eigenvalue weighted by Crippen LogP contribution is -2.40. The first-order valence-corrected chi connectivity index (χ1v) is 16.7. The molecule has 1 aromatic carbocycles. The van der Waals surface area contributed by atoms with Crippen LogP contribution in [0, 0.1) is 18.3 Å². The van der Waals surface area contributed by atoms with Gasteiger partial charge in [-0.3, -0.25) is 4.79 Å². The van der Waals surface area contributed by atoms with E-state index < -0.39 is 23.5 Å². The van der Waals surface area contributed by atoms with Gasteiger partial charge in [0.15, 0.2) is 0 Å². The lowest BCUT2D eigenvalue weighted by Gasteiger charge is -2.40. The Bertz CT molecular complexity index is 1200. The number of halogens is 6. The maximum Gasteiger partial charge on any atom is 0.416 e. The third-order valence-corrected chi connectivity index (χ3v) is 8.21. The summed E-state index contributed by atoms with van der Waals surface area (Å²) in [6.45, 7) is 11.9. The van der Waals surface area contributed by atoms with Crippen LogP contribution in [0.5, 0.6) is 0 Å². The SMILES string of the molecule is C#C.C=CC1=C(/C=C\C)C2(C=C1)CCN(CCCC(=O)CCc1cc(C(F)(F)F)cc(C(F)(F)F)c1)CC2.CCCCCN(C)C.COC. The number of hydrogen-bond donors (Lipinski definition) is 0. The molecule has 0 atom stereocenters. The molecule has 0 N–H and O–H groups in total. The number of ketones is 1. The number of nitrogens with zero attached hydrogens (tertiary/aromatic N) is 2. The zero-order valence-corrected chi connectivity index (χ0v) is 30.2. The van der Waals surface area contributed by atoms with Crippen LogP contribution >= 0.6 is 0 Å². The molecule has 0 bridgehead atoms. The maximum absolute atomic E-state index is 13.0. The molecule has 0 radical (unpaired) electrons. The van der Waals surface area contributed by atoms with Gasteiger partial charge in [-0.05, 0) is 114 Å². The van der Waals surface area contributed by atoms with Crippen molar-refractivity contribution in [3.8, 4) is 12.8 Å². The zero-order chi connectivity index (χ0) is 37.7. The molecule has 0 amide bonds. The number of Topliss-reactive ketones (excluding diaryl/α,β-unsaturated/α-hetero) is 1. The molecule has 276 valence electrons. The average molecular weight is 699 g/mol. The van der Waals surface area contributed by atoms with E-state index in [1.807, 2.05) is 19.1 Å². The molecule has 1 aliphatic heterocycles. The highest BCUT2D eigenvalue weighted by Gasteiger charge is 2.38. The number of benzene rings is 1. The molecule has 1 heterocycles. The minimum atomic E-state index is -4.89. The van der Waals surface area contributed by atoms with Crippen molar-refractivity contribution in [3.05, 3.63) is 83.0 Å². The van der Waals surface area contributed by atoms with E-state index in [-0.39, 0.29) is 42.1 Å². The summed E-state index contributed by atoms with van der Waals surface area (Å²) in [5.74, 6) is -0.165. The minimum Gasteiger partial charge on any atom is -0.388 e. The average Bonchev–Trinajstić information content (AvgIpc) is 3.38. The van der Waals surface area contributed by atoms with E-state index in [4.69, 9.17) is 0 Å². The number of carbonyl (C=O) groups is 1. The van der Waals surface area contributed by atoms with Gasteiger partial charge in [-0.15, -0.1) is 12.8 Å². The number of terminal acetylenes is 1. The molecule has 2 aliphatic rings. The number of unbranched alkanes of at least 4 members (excludes halogenated alkanes) is 2. The molecule has 49 heavy (non-hydrogen) atoms. The molecule has 10 heteroatoms. The Morgan fingerprint density at radius 3 is 1.98 bits per heavy atom. The molecular formula is C39H56F6N2O2. The fourth-order valence-electron chi connectivity index (χ4n) is 5.69. The molecule has 3 rings (SSSR count). The van der Waals surface area contributed by atoms with Gasteiger partial charge in [0.05, 0.1) is 11.1 Å². The van der Waals surface area contributed by atoms with Crippen molar-refractivity contribution in [2.24, 2.45) is 5.41 Å². The van der Waals surface area contributed by atoms with E-state index in [1.165, 1.54) is 31.4 Å². The van der Waals surface area contributed by atoms with Crippen LogP contribution in [-0.2, 0) is 28.3 Å². The van der Waals surface area contributed by atoms with Gasteiger partial charge in [0.1, 0.15) is 5.78 Å². The summed E-state index contributed by atoms with van der Waals surface area (Å²) in [5, 5.41) is 0. The first-order valence-electron chi connectivity index (χ1n) is 16.7. The lowest BCUT2D eigenvalue weighted by molar-refractivity contribution is -0.143. The summed E-state index contributed by atoms with van der Waals surface area (Å²) in [6, 6.07) is 1.49. The van der Waals surface area contributed by atoms with E-state index in [0.29, 0.717) is 18.6 Å². The van der Waals surface area contributed by atoms with Gasteiger partial charge < -0.3 is 14.5 Å². The number of alkyl halides is 6. The van der Waals surface area contributed by atoms with Crippen molar-refractivity contribution >= 4 is 5.78 Å².